The Morgan fingerprint density at radius 3 is 2.15 bits per heavy atom. The Balaban J connectivity index is 2.28. The van der Waals surface area contributed by atoms with Gasteiger partial charge in [-0.2, -0.15) is 0 Å². The fraction of sp³-hybridized carbons (Fsp3) is 0.409. The second-order valence-electron chi connectivity index (χ2n) is 7.55. The molecule has 0 unspecified atom stereocenters. The molecule has 0 bridgehead atoms. The Labute approximate surface area is 162 Å². The van der Waals surface area contributed by atoms with Gasteiger partial charge in [0.05, 0.1) is 0 Å². The van der Waals surface area contributed by atoms with Gasteiger partial charge in [-0.05, 0) is 0 Å². The third-order valence-corrected chi connectivity index (χ3v) is 6.55. The molecule has 2 aromatic rings. The molecule has 0 saturated heterocycles. The molecule has 1 N–H and O–H groups in total. The van der Waals surface area contributed by atoms with Crippen LogP contribution in [0.3, 0.4) is 0 Å². The molecule has 0 heterocycles. The van der Waals surface area contributed by atoms with Gasteiger partial charge in [0.15, 0.2) is 0 Å². The number of aryl methyl sites for hydroxylation is 1. The molecule has 0 saturated carbocycles. The predicted molar refractivity (Wildman–Crippen MR) is 107 cm³/mol. The van der Waals surface area contributed by atoms with Crippen LogP contribution in [0.2, 0.25) is 4.82 Å². The fourth-order valence-electron chi connectivity index (χ4n) is 2.71. The number of aliphatic hydroxyl groups excluding tert-OH is 1. The van der Waals surface area contributed by atoms with Crippen molar-refractivity contribution < 1.29 is 14.6 Å². The third kappa shape index (κ3) is 5.98. The molecule has 0 fully saturated rings. The van der Waals surface area contributed by atoms with Crippen LogP contribution in [0, 0.1) is 12.8 Å². The summed E-state index contributed by atoms with van der Waals surface area (Å²) >= 11 is 0.0501. The number of carbonyl (C=O) groups excluding carboxylic acids is 1. The third-order valence-electron chi connectivity index (χ3n) is 4.01. The number of benzene rings is 2. The zero-order valence-electron chi connectivity index (χ0n) is 16.1. The normalized spacial score (nSPS) is 15.2. The number of aliphatic hydroxyl groups is 1. The van der Waals surface area contributed by atoms with Crippen molar-refractivity contribution in [2.45, 2.75) is 51.1 Å². The predicted octanol–water partition coefficient (Wildman–Crippen LogP) is 3.82. The van der Waals surface area contributed by atoms with E-state index < -0.39 is 17.6 Å². The van der Waals surface area contributed by atoms with E-state index in [0.717, 1.165) is 11.1 Å². The van der Waals surface area contributed by atoms with Crippen molar-refractivity contribution in [2.75, 3.05) is 0 Å². The average Bonchev–Trinajstić information content (AvgIpc) is 2.54. The first kappa shape index (κ1) is 20.7. The molecule has 2 rings (SSSR count). The Morgan fingerprint density at radius 2 is 1.62 bits per heavy atom. The molecule has 140 valence electrons. The molecule has 26 heavy (non-hydrogen) atoms. The van der Waals surface area contributed by atoms with Gasteiger partial charge in [0.25, 0.3) is 0 Å². The van der Waals surface area contributed by atoms with Crippen molar-refractivity contribution >= 4 is 25.4 Å². The van der Waals surface area contributed by atoms with E-state index in [1.807, 2.05) is 77.1 Å². The number of ether oxygens (including phenoxy) is 1. The first-order chi connectivity index (χ1) is 12.2. The van der Waals surface area contributed by atoms with Crippen LogP contribution in [0.15, 0.2) is 54.6 Å². The Kier molecular flexibility index (Phi) is 7.05. The molecular formula is C22H28O3Se. The molecule has 0 radical (unpaired) electrons. The molecule has 0 aliphatic carbocycles. The summed E-state index contributed by atoms with van der Waals surface area (Å²) in [6, 6.07) is 17.8. The molecule has 0 aliphatic rings. The van der Waals surface area contributed by atoms with Gasteiger partial charge in [-0.25, -0.2) is 0 Å². The van der Waals surface area contributed by atoms with E-state index in [-0.39, 0.29) is 25.7 Å². The van der Waals surface area contributed by atoms with Gasteiger partial charge in [0.2, 0.25) is 0 Å². The second kappa shape index (κ2) is 8.85. The zero-order chi connectivity index (χ0) is 19.3. The number of esters is 1. The molecule has 3 atom stereocenters. The van der Waals surface area contributed by atoms with E-state index in [1.54, 1.807) is 0 Å². The summed E-state index contributed by atoms with van der Waals surface area (Å²) in [6.45, 7) is 9.59. The van der Waals surface area contributed by atoms with Crippen molar-refractivity contribution in [1.82, 2.24) is 0 Å². The van der Waals surface area contributed by atoms with Gasteiger partial charge in [-0.15, -0.1) is 0 Å². The Bertz CT molecular complexity index is 704. The van der Waals surface area contributed by atoms with Crippen molar-refractivity contribution in [2.24, 2.45) is 5.92 Å². The summed E-state index contributed by atoms with van der Waals surface area (Å²) in [7, 11) is 0. The zero-order valence-corrected chi connectivity index (χ0v) is 17.8. The average molecular weight is 419 g/mol. The molecule has 2 aromatic carbocycles. The fourth-order valence-corrected chi connectivity index (χ4v) is 5.12. The monoisotopic (exact) mass is 420 g/mol. The van der Waals surface area contributed by atoms with Crippen LogP contribution in [0.4, 0.5) is 0 Å². The molecular weight excluding hydrogens is 391 g/mol. The van der Waals surface area contributed by atoms with E-state index in [9.17, 15) is 9.90 Å². The molecule has 0 amide bonds. The SMILES string of the molecule is Cc1ccc([C@@H](O)[C@@H](C(=O)OC(C)(C)C)[C@H](C)[Se]c2ccccc2)cc1. The first-order valence-electron chi connectivity index (χ1n) is 8.86. The number of hydrogen-bond acceptors (Lipinski definition) is 3. The van der Waals surface area contributed by atoms with E-state index in [2.05, 4.69) is 12.1 Å². The van der Waals surface area contributed by atoms with Gasteiger partial charge in [0.1, 0.15) is 0 Å². The summed E-state index contributed by atoms with van der Waals surface area (Å²) in [5, 5.41) is 11.0. The molecule has 0 aromatic heterocycles. The van der Waals surface area contributed by atoms with Crippen molar-refractivity contribution in [3.05, 3.63) is 65.7 Å². The Hall–Kier alpha value is -1.61. The summed E-state index contributed by atoms with van der Waals surface area (Å²) in [5.74, 6) is -0.937. The van der Waals surface area contributed by atoms with Crippen LogP contribution in [0.5, 0.6) is 0 Å². The van der Waals surface area contributed by atoms with Crippen LogP contribution in [-0.2, 0) is 9.53 Å². The summed E-state index contributed by atoms with van der Waals surface area (Å²) in [6.07, 6.45) is -0.883. The van der Waals surface area contributed by atoms with E-state index in [4.69, 9.17) is 4.74 Å². The van der Waals surface area contributed by atoms with Gasteiger partial charge in [-0.1, -0.05) is 0 Å². The topological polar surface area (TPSA) is 46.5 Å². The number of carbonyl (C=O) groups is 1. The van der Waals surface area contributed by atoms with Crippen LogP contribution in [-0.4, -0.2) is 31.6 Å². The van der Waals surface area contributed by atoms with E-state index in [0.29, 0.717) is 0 Å². The van der Waals surface area contributed by atoms with Crippen molar-refractivity contribution in [3.63, 3.8) is 0 Å². The van der Waals surface area contributed by atoms with Gasteiger partial charge in [-0.3, -0.25) is 0 Å². The van der Waals surface area contributed by atoms with Gasteiger partial charge in [0, 0.05) is 0 Å². The second-order valence-corrected chi connectivity index (χ2v) is 10.6. The maximum absolute atomic E-state index is 12.9. The summed E-state index contributed by atoms with van der Waals surface area (Å²) < 4.78 is 6.84. The Morgan fingerprint density at radius 1 is 1.04 bits per heavy atom. The number of hydrogen-bond donors (Lipinski definition) is 1. The van der Waals surface area contributed by atoms with E-state index >= 15 is 0 Å². The minimum absolute atomic E-state index is 0.00365. The van der Waals surface area contributed by atoms with Crippen molar-refractivity contribution in [1.29, 1.82) is 0 Å². The van der Waals surface area contributed by atoms with Crippen LogP contribution < -0.4 is 4.46 Å². The molecule has 4 heteroatoms. The maximum atomic E-state index is 12.9. The standard InChI is InChI=1S/C22H28O3Se/c1-15-11-13-17(14-12-15)20(23)19(21(24)25-22(3,4)5)16(2)26-18-9-7-6-8-10-18/h6-14,16,19-20,23H,1-5H3/t16-,19-,20+/m0/s1. The quantitative estimate of drug-likeness (QED) is 0.572. The molecule has 0 aliphatic heterocycles. The number of rotatable bonds is 6. The summed E-state index contributed by atoms with van der Waals surface area (Å²) in [4.78, 5) is 12.9. The van der Waals surface area contributed by atoms with Crippen LogP contribution >= 0.6 is 0 Å². The minimum atomic E-state index is -0.883. The summed E-state index contributed by atoms with van der Waals surface area (Å²) in [5.41, 5.74) is 1.29. The molecule has 0 spiro atoms. The van der Waals surface area contributed by atoms with Crippen LogP contribution in [0.1, 0.15) is 44.9 Å². The van der Waals surface area contributed by atoms with Crippen LogP contribution in [0.25, 0.3) is 0 Å². The molecule has 3 nitrogen and oxygen atoms in total. The van der Waals surface area contributed by atoms with Gasteiger partial charge < -0.3 is 0 Å². The van der Waals surface area contributed by atoms with Gasteiger partial charge >= 0.3 is 163 Å². The first-order valence-corrected chi connectivity index (χ1v) is 10.7. The van der Waals surface area contributed by atoms with E-state index in [1.165, 1.54) is 4.46 Å². The van der Waals surface area contributed by atoms with Crippen molar-refractivity contribution in [3.8, 4) is 0 Å².